The van der Waals surface area contributed by atoms with E-state index >= 15 is 0 Å². The van der Waals surface area contributed by atoms with Gasteiger partial charge in [-0.2, -0.15) is 0 Å². The molecule has 0 bridgehead atoms. The molecule has 0 fully saturated rings. The summed E-state index contributed by atoms with van der Waals surface area (Å²) >= 11 is 0. The fourth-order valence-corrected chi connectivity index (χ4v) is 1.64. The molecule has 0 atom stereocenters. The molecule has 88 valence electrons. The number of benzene rings is 2. The number of ether oxygens (including phenoxy) is 1. The Kier molecular flexibility index (Phi) is 2.95. The van der Waals surface area contributed by atoms with Gasteiger partial charge in [0.25, 0.3) is 0 Å². The molecule has 0 heterocycles. The van der Waals surface area contributed by atoms with Gasteiger partial charge in [-0.3, -0.25) is 0 Å². The van der Waals surface area contributed by atoms with Crippen molar-refractivity contribution in [1.29, 1.82) is 0 Å². The topological polar surface area (TPSA) is 35.2 Å². The number of hydrogen-bond acceptors (Lipinski definition) is 2. The number of nitrogen functional groups attached to an aromatic ring is 1. The van der Waals surface area contributed by atoms with Crippen molar-refractivity contribution in [3.05, 3.63) is 48.0 Å². The second-order valence-corrected chi connectivity index (χ2v) is 3.59. The van der Waals surface area contributed by atoms with Crippen LogP contribution in [0.3, 0.4) is 0 Å². The molecule has 2 N–H and O–H groups in total. The molecule has 2 rings (SSSR count). The molecule has 0 saturated heterocycles. The van der Waals surface area contributed by atoms with Crippen LogP contribution in [0.25, 0.3) is 11.1 Å². The summed E-state index contributed by atoms with van der Waals surface area (Å²) < 4.78 is 32.3. The second-order valence-electron chi connectivity index (χ2n) is 3.59. The molecule has 0 radical (unpaired) electrons. The van der Waals surface area contributed by atoms with E-state index < -0.39 is 11.6 Å². The van der Waals surface area contributed by atoms with E-state index in [1.165, 1.54) is 13.2 Å². The molecule has 17 heavy (non-hydrogen) atoms. The molecule has 0 unspecified atom stereocenters. The van der Waals surface area contributed by atoms with Gasteiger partial charge < -0.3 is 10.5 Å². The summed E-state index contributed by atoms with van der Waals surface area (Å²) in [6, 6.07) is 8.71. The molecule has 0 aliphatic heterocycles. The monoisotopic (exact) mass is 235 g/mol. The van der Waals surface area contributed by atoms with E-state index in [4.69, 9.17) is 10.5 Å². The zero-order chi connectivity index (χ0) is 12.4. The van der Waals surface area contributed by atoms with Gasteiger partial charge in [0, 0.05) is 17.8 Å². The Morgan fingerprint density at radius 1 is 1.06 bits per heavy atom. The lowest BCUT2D eigenvalue weighted by molar-refractivity contribution is 0.407. The van der Waals surface area contributed by atoms with Crippen LogP contribution in [-0.4, -0.2) is 7.11 Å². The minimum Gasteiger partial charge on any atom is -0.497 e. The lowest BCUT2D eigenvalue weighted by Gasteiger charge is -2.08. The van der Waals surface area contributed by atoms with Gasteiger partial charge in [-0.05, 0) is 17.7 Å². The minimum atomic E-state index is -0.674. The van der Waals surface area contributed by atoms with Crippen LogP contribution < -0.4 is 10.5 Å². The van der Waals surface area contributed by atoms with Gasteiger partial charge in [-0.25, -0.2) is 8.78 Å². The average molecular weight is 235 g/mol. The minimum absolute atomic E-state index is 0.0990. The molecule has 0 aliphatic rings. The predicted molar refractivity (Wildman–Crippen MR) is 62.8 cm³/mol. The molecule has 0 spiro atoms. The number of methoxy groups -OCH3 is 1. The van der Waals surface area contributed by atoms with E-state index in [1.807, 2.05) is 0 Å². The number of hydrogen-bond donors (Lipinski definition) is 1. The standard InChI is InChI=1S/C13H11F2NO/c1-17-10-6-11(14)13(12(15)7-10)8-3-2-4-9(16)5-8/h2-7H,16H2,1H3. The van der Waals surface area contributed by atoms with Crippen LogP contribution in [0.4, 0.5) is 14.5 Å². The first-order valence-electron chi connectivity index (χ1n) is 5.01. The molecule has 0 amide bonds. The third-order valence-corrected chi connectivity index (χ3v) is 2.43. The summed E-state index contributed by atoms with van der Waals surface area (Å²) in [5, 5.41) is 0. The van der Waals surface area contributed by atoms with Crippen LogP contribution in [-0.2, 0) is 0 Å². The highest BCUT2D eigenvalue weighted by Gasteiger charge is 2.13. The molecule has 4 heteroatoms. The Morgan fingerprint density at radius 3 is 2.24 bits per heavy atom. The van der Waals surface area contributed by atoms with Gasteiger partial charge in [-0.15, -0.1) is 0 Å². The van der Waals surface area contributed by atoms with Crippen molar-refractivity contribution >= 4 is 5.69 Å². The maximum Gasteiger partial charge on any atom is 0.137 e. The first-order chi connectivity index (χ1) is 8.11. The lowest BCUT2D eigenvalue weighted by Crippen LogP contribution is -1.94. The van der Waals surface area contributed by atoms with Gasteiger partial charge in [0.1, 0.15) is 17.4 Å². The largest absolute Gasteiger partial charge is 0.497 e. The fraction of sp³-hybridized carbons (Fsp3) is 0.0769. The van der Waals surface area contributed by atoms with Crippen LogP contribution in [0.5, 0.6) is 5.75 Å². The van der Waals surface area contributed by atoms with E-state index in [-0.39, 0.29) is 11.3 Å². The van der Waals surface area contributed by atoms with Crippen LogP contribution in [0, 0.1) is 11.6 Å². The Bertz CT molecular complexity index is 532. The summed E-state index contributed by atoms with van der Waals surface area (Å²) in [6.45, 7) is 0. The van der Waals surface area contributed by atoms with E-state index in [1.54, 1.807) is 18.2 Å². The SMILES string of the molecule is COc1cc(F)c(-c2cccc(N)c2)c(F)c1. The average Bonchev–Trinajstić information content (AvgIpc) is 2.28. The van der Waals surface area contributed by atoms with Crippen LogP contribution >= 0.6 is 0 Å². The van der Waals surface area contributed by atoms with E-state index in [0.29, 0.717) is 11.3 Å². The van der Waals surface area contributed by atoms with Crippen molar-refractivity contribution < 1.29 is 13.5 Å². The molecule has 0 saturated carbocycles. The number of rotatable bonds is 2. The van der Waals surface area contributed by atoms with Crippen molar-refractivity contribution in [2.75, 3.05) is 12.8 Å². The molecular weight excluding hydrogens is 224 g/mol. The Balaban J connectivity index is 2.60. The van der Waals surface area contributed by atoms with Crippen molar-refractivity contribution in [1.82, 2.24) is 0 Å². The molecule has 2 aromatic rings. The van der Waals surface area contributed by atoms with E-state index in [9.17, 15) is 8.78 Å². The van der Waals surface area contributed by atoms with E-state index in [2.05, 4.69) is 0 Å². The zero-order valence-electron chi connectivity index (χ0n) is 9.21. The summed E-state index contributed by atoms with van der Waals surface area (Å²) in [5.74, 6) is -1.20. The van der Waals surface area contributed by atoms with Crippen LogP contribution in [0.15, 0.2) is 36.4 Å². The summed E-state index contributed by atoms with van der Waals surface area (Å²) in [5.41, 5.74) is 6.34. The maximum atomic E-state index is 13.8. The number of halogens is 2. The summed E-state index contributed by atoms with van der Waals surface area (Å²) in [6.07, 6.45) is 0. The zero-order valence-corrected chi connectivity index (χ0v) is 9.21. The Morgan fingerprint density at radius 2 is 1.71 bits per heavy atom. The van der Waals surface area contributed by atoms with Crippen molar-refractivity contribution in [2.24, 2.45) is 0 Å². The highest BCUT2D eigenvalue weighted by atomic mass is 19.1. The van der Waals surface area contributed by atoms with E-state index in [0.717, 1.165) is 12.1 Å². The first-order valence-corrected chi connectivity index (χ1v) is 5.01. The summed E-state index contributed by atoms with van der Waals surface area (Å²) in [7, 11) is 1.36. The van der Waals surface area contributed by atoms with Gasteiger partial charge in [-0.1, -0.05) is 12.1 Å². The smallest absolute Gasteiger partial charge is 0.137 e. The normalized spacial score (nSPS) is 10.3. The third kappa shape index (κ3) is 2.20. The fourth-order valence-electron chi connectivity index (χ4n) is 1.64. The first kappa shape index (κ1) is 11.4. The Labute approximate surface area is 97.6 Å². The lowest BCUT2D eigenvalue weighted by atomic mass is 10.0. The highest BCUT2D eigenvalue weighted by Crippen LogP contribution is 2.30. The molecule has 2 nitrogen and oxygen atoms in total. The number of nitrogens with two attached hydrogens (primary N) is 1. The summed E-state index contributed by atoms with van der Waals surface area (Å²) in [4.78, 5) is 0. The van der Waals surface area contributed by atoms with Gasteiger partial charge in [0.2, 0.25) is 0 Å². The highest BCUT2D eigenvalue weighted by molar-refractivity contribution is 5.69. The quantitative estimate of drug-likeness (QED) is 0.811. The number of anilines is 1. The molecule has 0 aliphatic carbocycles. The van der Waals surface area contributed by atoms with Crippen LogP contribution in [0.2, 0.25) is 0 Å². The molecular formula is C13H11F2NO. The molecule has 2 aromatic carbocycles. The van der Waals surface area contributed by atoms with Crippen LogP contribution in [0.1, 0.15) is 0 Å². The molecule has 0 aromatic heterocycles. The van der Waals surface area contributed by atoms with Crippen molar-refractivity contribution in [3.8, 4) is 16.9 Å². The maximum absolute atomic E-state index is 13.8. The van der Waals surface area contributed by atoms with Crippen molar-refractivity contribution in [3.63, 3.8) is 0 Å². The van der Waals surface area contributed by atoms with Gasteiger partial charge >= 0.3 is 0 Å². The predicted octanol–water partition coefficient (Wildman–Crippen LogP) is 3.22. The third-order valence-electron chi connectivity index (χ3n) is 2.43. The van der Waals surface area contributed by atoms with Crippen molar-refractivity contribution in [2.45, 2.75) is 0 Å². The van der Waals surface area contributed by atoms with Gasteiger partial charge in [0.15, 0.2) is 0 Å². The second kappa shape index (κ2) is 4.41. The van der Waals surface area contributed by atoms with Gasteiger partial charge in [0.05, 0.1) is 12.7 Å². The Hall–Kier alpha value is -2.10.